The zero-order chi connectivity index (χ0) is 12.4. The van der Waals surface area contributed by atoms with Crippen LogP contribution in [0.5, 0.6) is 0 Å². The van der Waals surface area contributed by atoms with E-state index in [0.29, 0.717) is 27.6 Å². The second-order valence-electron chi connectivity index (χ2n) is 3.50. The lowest BCUT2D eigenvalue weighted by molar-refractivity contribution is -0.142. The van der Waals surface area contributed by atoms with E-state index in [1.165, 1.54) is 12.3 Å². The number of furan rings is 1. The predicted molar refractivity (Wildman–Crippen MR) is 64.2 cm³/mol. The summed E-state index contributed by atoms with van der Waals surface area (Å²) in [6, 6.07) is 3.00. The van der Waals surface area contributed by atoms with Gasteiger partial charge in [-0.15, -0.1) is 0 Å². The van der Waals surface area contributed by atoms with Gasteiger partial charge in [0.1, 0.15) is 11.4 Å². The van der Waals surface area contributed by atoms with Crippen molar-refractivity contribution in [3.05, 3.63) is 34.2 Å². The second kappa shape index (κ2) is 4.87. The molecule has 5 heteroatoms. The fraction of sp³-hybridized carbons (Fsp3) is 0.250. The van der Waals surface area contributed by atoms with Crippen LogP contribution in [0.1, 0.15) is 12.5 Å². The Bertz CT molecular complexity index is 562. The topological polar surface area (TPSA) is 39.4 Å². The largest absolute Gasteiger partial charge is 0.466 e. The van der Waals surface area contributed by atoms with Crippen LogP contribution in [-0.2, 0) is 16.0 Å². The molecule has 0 amide bonds. The van der Waals surface area contributed by atoms with Crippen molar-refractivity contribution in [2.45, 2.75) is 13.3 Å². The van der Waals surface area contributed by atoms with Crippen LogP contribution in [0.25, 0.3) is 11.0 Å². The van der Waals surface area contributed by atoms with Crippen LogP contribution in [0, 0.1) is 5.82 Å². The van der Waals surface area contributed by atoms with Crippen molar-refractivity contribution in [2.24, 2.45) is 0 Å². The number of benzene rings is 1. The van der Waals surface area contributed by atoms with Gasteiger partial charge in [0.05, 0.1) is 24.7 Å². The minimum absolute atomic E-state index is 0.0133. The monoisotopic (exact) mass is 300 g/mol. The molecule has 0 fully saturated rings. The molecule has 0 aliphatic rings. The number of hydrogen-bond acceptors (Lipinski definition) is 3. The minimum Gasteiger partial charge on any atom is -0.466 e. The van der Waals surface area contributed by atoms with E-state index in [4.69, 9.17) is 9.15 Å². The molecule has 0 saturated carbocycles. The molecule has 0 atom stereocenters. The number of fused-ring (bicyclic) bond motifs is 1. The number of esters is 1. The van der Waals surface area contributed by atoms with E-state index in [2.05, 4.69) is 15.9 Å². The van der Waals surface area contributed by atoms with Crippen LogP contribution < -0.4 is 0 Å². The van der Waals surface area contributed by atoms with Crippen LogP contribution >= 0.6 is 15.9 Å². The Labute approximate surface area is 106 Å². The number of carbonyl (C=O) groups is 1. The average Bonchev–Trinajstić information content (AvgIpc) is 2.61. The lowest BCUT2D eigenvalue weighted by Gasteiger charge is -2.00. The second-order valence-corrected chi connectivity index (χ2v) is 4.42. The van der Waals surface area contributed by atoms with Crippen molar-refractivity contribution in [1.82, 2.24) is 0 Å². The van der Waals surface area contributed by atoms with E-state index in [9.17, 15) is 9.18 Å². The first-order valence-corrected chi connectivity index (χ1v) is 5.92. The molecule has 0 aliphatic heterocycles. The van der Waals surface area contributed by atoms with Gasteiger partial charge < -0.3 is 9.15 Å². The van der Waals surface area contributed by atoms with Gasteiger partial charge in [-0.25, -0.2) is 4.39 Å². The normalized spacial score (nSPS) is 10.8. The van der Waals surface area contributed by atoms with Gasteiger partial charge in [-0.1, -0.05) is 15.9 Å². The van der Waals surface area contributed by atoms with E-state index in [1.807, 2.05) is 0 Å². The fourth-order valence-electron chi connectivity index (χ4n) is 1.65. The summed E-state index contributed by atoms with van der Waals surface area (Å²) in [5.74, 6) is -0.806. The van der Waals surface area contributed by atoms with Crippen molar-refractivity contribution in [2.75, 3.05) is 6.61 Å². The molecule has 2 rings (SSSR count). The van der Waals surface area contributed by atoms with Crippen molar-refractivity contribution in [3.63, 3.8) is 0 Å². The number of ether oxygens (including phenoxy) is 1. The summed E-state index contributed by atoms with van der Waals surface area (Å²) < 4.78 is 24.4. The van der Waals surface area contributed by atoms with Gasteiger partial charge >= 0.3 is 5.97 Å². The molecule has 1 heterocycles. The molecule has 1 aromatic heterocycles. The third-order valence-electron chi connectivity index (χ3n) is 2.31. The molecule has 90 valence electrons. The zero-order valence-electron chi connectivity index (χ0n) is 9.13. The highest BCUT2D eigenvalue weighted by Gasteiger charge is 2.15. The van der Waals surface area contributed by atoms with Gasteiger partial charge in [0.15, 0.2) is 0 Å². The molecule has 0 aliphatic carbocycles. The smallest absolute Gasteiger partial charge is 0.310 e. The van der Waals surface area contributed by atoms with Gasteiger partial charge in [0.2, 0.25) is 0 Å². The Balaban J connectivity index is 2.39. The van der Waals surface area contributed by atoms with Gasteiger partial charge in [0, 0.05) is 10.0 Å². The first-order chi connectivity index (χ1) is 8.11. The molecule has 3 nitrogen and oxygen atoms in total. The van der Waals surface area contributed by atoms with Gasteiger partial charge in [0.25, 0.3) is 0 Å². The zero-order valence-corrected chi connectivity index (χ0v) is 10.7. The molecule has 17 heavy (non-hydrogen) atoms. The lowest BCUT2D eigenvalue weighted by Crippen LogP contribution is -2.07. The van der Waals surface area contributed by atoms with Crippen LogP contribution in [0.15, 0.2) is 27.3 Å². The van der Waals surface area contributed by atoms with Crippen molar-refractivity contribution in [1.29, 1.82) is 0 Å². The molecule has 0 N–H and O–H groups in total. The molecule has 2 aromatic rings. The summed E-state index contributed by atoms with van der Waals surface area (Å²) in [5.41, 5.74) is 0.916. The van der Waals surface area contributed by atoms with Gasteiger partial charge in [-0.3, -0.25) is 4.79 Å². The summed E-state index contributed by atoms with van der Waals surface area (Å²) in [6.45, 7) is 2.03. The summed E-state index contributed by atoms with van der Waals surface area (Å²) in [7, 11) is 0. The summed E-state index contributed by atoms with van der Waals surface area (Å²) in [4.78, 5) is 11.3. The Morgan fingerprint density at radius 3 is 3.00 bits per heavy atom. The van der Waals surface area contributed by atoms with Crippen molar-refractivity contribution in [3.8, 4) is 0 Å². The molecule has 0 bridgehead atoms. The highest BCUT2D eigenvalue weighted by atomic mass is 79.9. The number of halogens is 2. The molecular weight excluding hydrogens is 291 g/mol. The number of rotatable bonds is 3. The third kappa shape index (κ3) is 2.49. The highest BCUT2D eigenvalue weighted by Crippen LogP contribution is 2.28. The Hall–Kier alpha value is -1.36. The molecule has 0 saturated heterocycles. The van der Waals surface area contributed by atoms with Crippen LogP contribution in [-0.4, -0.2) is 12.6 Å². The van der Waals surface area contributed by atoms with Crippen molar-refractivity contribution >= 4 is 32.9 Å². The average molecular weight is 301 g/mol. The summed E-state index contributed by atoms with van der Waals surface area (Å²) in [6.07, 6.45) is 1.40. The minimum atomic E-state index is -0.414. The predicted octanol–water partition coefficient (Wildman–Crippen LogP) is 3.44. The highest BCUT2D eigenvalue weighted by molar-refractivity contribution is 9.10. The first-order valence-electron chi connectivity index (χ1n) is 5.12. The lowest BCUT2D eigenvalue weighted by atomic mass is 10.1. The van der Waals surface area contributed by atoms with Gasteiger partial charge in [-0.2, -0.15) is 0 Å². The molecular formula is C12H10BrFO3. The third-order valence-corrected chi connectivity index (χ3v) is 2.77. The number of hydrogen-bond donors (Lipinski definition) is 0. The quantitative estimate of drug-likeness (QED) is 0.815. The van der Waals surface area contributed by atoms with E-state index in [1.54, 1.807) is 13.0 Å². The fourth-order valence-corrected chi connectivity index (χ4v) is 2.05. The van der Waals surface area contributed by atoms with Crippen LogP contribution in [0.2, 0.25) is 0 Å². The Morgan fingerprint density at radius 2 is 2.29 bits per heavy atom. The molecule has 0 unspecified atom stereocenters. The Morgan fingerprint density at radius 1 is 1.53 bits per heavy atom. The first kappa shape index (κ1) is 12.1. The maximum atomic E-state index is 13.7. The molecule has 0 spiro atoms. The maximum Gasteiger partial charge on any atom is 0.310 e. The number of carbonyl (C=O) groups excluding carboxylic acids is 1. The Kier molecular flexibility index (Phi) is 3.47. The van der Waals surface area contributed by atoms with Gasteiger partial charge in [-0.05, 0) is 19.1 Å². The maximum absolute atomic E-state index is 13.7. The van der Waals surface area contributed by atoms with E-state index < -0.39 is 11.8 Å². The van der Waals surface area contributed by atoms with E-state index >= 15 is 0 Å². The summed E-state index contributed by atoms with van der Waals surface area (Å²) in [5, 5.41) is 0.334. The van der Waals surface area contributed by atoms with Crippen molar-refractivity contribution < 1.29 is 18.3 Å². The van der Waals surface area contributed by atoms with Crippen LogP contribution in [0.4, 0.5) is 4.39 Å². The van der Waals surface area contributed by atoms with E-state index in [0.717, 1.165) is 0 Å². The standard InChI is InChI=1S/C12H10BrFO3/c1-2-16-11(15)3-7-6-17-10-5-8(13)4-9(14)12(7)10/h4-6H,2-3H2,1H3. The summed E-state index contributed by atoms with van der Waals surface area (Å²) >= 11 is 3.18. The molecule has 1 aromatic carbocycles. The molecule has 0 radical (unpaired) electrons. The van der Waals surface area contributed by atoms with E-state index in [-0.39, 0.29) is 6.42 Å². The SMILES string of the molecule is CCOC(=O)Cc1coc2cc(Br)cc(F)c12. The van der Waals surface area contributed by atoms with Crippen LogP contribution in [0.3, 0.4) is 0 Å².